The Labute approximate surface area is 139 Å². The van der Waals surface area contributed by atoms with Gasteiger partial charge >= 0.3 is 0 Å². The topological polar surface area (TPSA) is 61.3 Å². The van der Waals surface area contributed by atoms with Gasteiger partial charge in [0.15, 0.2) is 17.8 Å². The van der Waals surface area contributed by atoms with Crippen molar-refractivity contribution < 1.29 is 9.84 Å². The Bertz CT molecular complexity index is 767. The first kappa shape index (κ1) is 14.5. The molecule has 23 heavy (non-hydrogen) atoms. The number of epoxide rings is 1. The van der Waals surface area contributed by atoms with E-state index in [1.54, 1.807) is 29.6 Å². The van der Waals surface area contributed by atoms with Crippen LogP contribution in [0, 0.1) is 0 Å². The van der Waals surface area contributed by atoms with Gasteiger partial charge < -0.3 is 9.84 Å². The number of aliphatic hydroxyl groups is 1. The van der Waals surface area contributed by atoms with Crippen LogP contribution in [-0.4, -0.2) is 33.2 Å². The maximum Gasteiger partial charge on any atom is 0.178 e. The number of rotatable bonds is 3. The van der Waals surface area contributed by atoms with Gasteiger partial charge in [0, 0.05) is 35.9 Å². The molecule has 2 atom stereocenters. The number of halogens is 1. The van der Waals surface area contributed by atoms with E-state index in [0.717, 1.165) is 24.0 Å². The van der Waals surface area contributed by atoms with Crippen molar-refractivity contribution in [2.75, 3.05) is 0 Å². The number of ether oxygens (including phenoxy) is 1. The van der Waals surface area contributed by atoms with E-state index in [0.29, 0.717) is 16.4 Å². The van der Waals surface area contributed by atoms with Crippen LogP contribution in [-0.2, 0) is 4.74 Å². The molecule has 1 aromatic heterocycles. The third kappa shape index (κ3) is 2.36. The van der Waals surface area contributed by atoms with Crippen molar-refractivity contribution in [1.82, 2.24) is 9.88 Å². The fourth-order valence-electron chi connectivity index (χ4n) is 3.00. The minimum Gasteiger partial charge on any atom is -0.504 e. The lowest BCUT2D eigenvalue weighted by molar-refractivity contribution is 0.294. The van der Waals surface area contributed by atoms with E-state index in [-0.39, 0.29) is 18.1 Å². The van der Waals surface area contributed by atoms with Gasteiger partial charge in [0.1, 0.15) is 6.10 Å². The summed E-state index contributed by atoms with van der Waals surface area (Å²) in [5.74, 6) is 0.514. The van der Waals surface area contributed by atoms with Crippen LogP contribution in [0.15, 0.2) is 58.3 Å². The molecule has 0 spiro atoms. The molecule has 0 aromatic carbocycles. The Morgan fingerprint density at radius 3 is 3.04 bits per heavy atom. The molecular formula is C17H16ClN3O2. The number of fused-ring (bicyclic) bond motifs is 3. The maximum atomic E-state index is 10.7. The molecule has 0 aliphatic carbocycles. The molecular weight excluding hydrogens is 314 g/mol. The van der Waals surface area contributed by atoms with Crippen LogP contribution in [0.5, 0.6) is 0 Å². The van der Waals surface area contributed by atoms with Gasteiger partial charge in [-0.15, -0.1) is 0 Å². The van der Waals surface area contributed by atoms with Crippen molar-refractivity contribution in [3.05, 3.63) is 58.9 Å². The van der Waals surface area contributed by atoms with Gasteiger partial charge in [0.25, 0.3) is 0 Å². The molecule has 1 N–H and O–H groups in total. The Morgan fingerprint density at radius 2 is 2.30 bits per heavy atom. The fourth-order valence-corrected chi connectivity index (χ4v) is 3.31. The average Bonchev–Trinajstić information content (AvgIpc) is 3.34. The summed E-state index contributed by atoms with van der Waals surface area (Å²) in [7, 11) is 0. The van der Waals surface area contributed by atoms with E-state index in [9.17, 15) is 5.11 Å². The molecule has 1 fully saturated rings. The number of aliphatic imine (C=N–C) groups is 1. The molecule has 118 valence electrons. The first-order valence-corrected chi connectivity index (χ1v) is 8.00. The summed E-state index contributed by atoms with van der Waals surface area (Å²) in [5, 5.41) is 11.2. The van der Waals surface area contributed by atoms with Gasteiger partial charge in [-0.1, -0.05) is 31.0 Å². The standard InChI is InChI=1S/C17H16ClN3O2/c1-2-4-11-8-20-16-14(22)13(10-5-3-6-19-7-10)12(18)9-21(16)17-15(11)23-17/h3,5-9,15,17,22H,2,4H2,1H3. The van der Waals surface area contributed by atoms with Crippen LogP contribution in [0.3, 0.4) is 0 Å². The smallest absolute Gasteiger partial charge is 0.178 e. The van der Waals surface area contributed by atoms with Gasteiger partial charge in [0.2, 0.25) is 0 Å². The number of pyridine rings is 1. The normalized spacial score (nSPS) is 25.8. The summed E-state index contributed by atoms with van der Waals surface area (Å²) in [5.41, 5.74) is 2.45. The first-order chi connectivity index (χ1) is 11.2. The highest BCUT2D eigenvalue weighted by molar-refractivity contribution is 6.38. The third-order valence-electron chi connectivity index (χ3n) is 4.13. The fraction of sp³-hybridized carbons (Fsp3) is 0.294. The second kappa shape index (κ2) is 5.51. The summed E-state index contributed by atoms with van der Waals surface area (Å²) in [6, 6.07) is 3.66. The number of nitrogens with zero attached hydrogens (tertiary/aromatic N) is 3. The van der Waals surface area contributed by atoms with Crippen LogP contribution in [0.1, 0.15) is 25.3 Å². The van der Waals surface area contributed by atoms with Crippen molar-refractivity contribution >= 4 is 23.0 Å². The zero-order chi connectivity index (χ0) is 16.0. The number of hydrogen-bond donors (Lipinski definition) is 1. The molecule has 2 unspecified atom stereocenters. The van der Waals surface area contributed by atoms with Crippen molar-refractivity contribution in [1.29, 1.82) is 0 Å². The van der Waals surface area contributed by atoms with Crippen LogP contribution in [0.2, 0.25) is 0 Å². The van der Waals surface area contributed by atoms with E-state index in [2.05, 4.69) is 16.9 Å². The van der Waals surface area contributed by atoms with Crippen LogP contribution < -0.4 is 0 Å². The van der Waals surface area contributed by atoms with Crippen molar-refractivity contribution in [2.24, 2.45) is 4.99 Å². The van der Waals surface area contributed by atoms with Gasteiger partial charge in [-0.2, -0.15) is 0 Å². The SMILES string of the molecule is CCCC1=CN=C2C(O)=C(c3cccnc3)C(Cl)=CN2C2OC12. The van der Waals surface area contributed by atoms with Gasteiger partial charge in [-0.25, -0.2) is 4.99 Å². The molecule has 0 amide bonds. The highest BCUT2D eigenvalue weighted by Gasteiger charge is 2.49. The molecule has 4 rings (SSSR count). The van der Waals surface area contributed by atoms with E-state index in [1.807, 2.05) is 12.3 Å². The van der Waals surface area contributed by atoms with Crippen LogP contribution in [0.25, 0.3) is 5.57 Å². The van der Waals surface area contributed by atoms with Crippen LogP contribution in [0.4, 0.5) is 0 Å². The summed E-state index contributed by atoms with van der Waals surface area (Å²) < 4.78 is 5.76. The number of aromatic nitrogens is 1. The Hall–Kier alpha value is -2.11. The zero-order valence-corrected chi connectivity index (χ0v) is 13.4. The zero-order valence-electron chi connectivity index (χ0n) is 12.6. The van der Waals surface area contributed by atoms with Crippen LogP contribution >= 0.6 is 11.6 Å². The molecule has 6 heteroatoms. The monoisotopic (exact) mass is 329 g/mol. The quantitative estimate of drug-likeness (QED) is 0.861. The highest BCUT2D eigenvalue weighted by atomic mass is 35.5. The average molecular weight is 330 g/mol. The minimum absolute atomic E-state index is 0.0321. The molecule has 5 nitrogen and oxygen atoms in total. The summed E-state index contributed by atoms with van der Waals surface area (Å²) in [6.45, 7) is 2.12. The predicted molar refractivity (Wildman–Crippen MR) is 88.6 cm³/mol. The molecule has 1 aromatic rings. The second-order valence-electron chi connectivity index (χ2n) is 5.70. The summed E-state index contributed by atoms with van der Waals surface area (Å²) in [6.07, 6.45) is 8.79. The lowest BCUT2D eigenvalue weighted by Gasteiger charge is -2.26. The summed E-state index contributed by atoms with van der Waals surface area (Å²) >= 11 is 6.41. The number of allylic oxidation sites excluding steroid dienone is 2. The largest absolute Gasteiger partial charge is 0.504 e. The molecule has 3 aliphatic rings. The number of aliphatic hydroxyl groups excluding tert-OH is 1. The molecule has 4 heterocycles. The predicted octanol–water partition coefficient (Wildman–Crippen LogP) is 3.57. The highest BCUT2D eigenvalue weighted by Crippen LogP contribution is 2.42. The van der Waals surface area contributed by atoms with Gasteiger partial charge in [-0.3, -0.25) is 9.88 Å². The van der Waals surface area contributed by atoms with Gasteiger partial charge in [-0.05, 0) is 18.1 Å². The number of hydrogen-bond acceptors (Lipinski definition) is 5. The second-order valence-corrected chi connectivity index (χ2v) is 6.11. The van der Waals surface area contributed by atoms with E-state index >= 15 is 0 Å². The first-order valence-electron chi connectivity index (χ1n) is 7.63. The molecule has 3 aliphatic heterocycles. The Morgan fingerprint density at radius 1 is 1.43 bits per heavy atom. The van der Waals surface area contributed by atoms with Crippen molar-refractivity contribution in [3.8, 4) is 0 Å². The van der Waals surface area contributed by atoms with Gasteiger partial charge in [0.05, 0.1) is 5.03 Å². The third-order valence-corrected chi connectivity index (χ3v) is 4.42. The maximum absolute atomic E-state index is 10.7. The lowest BCUT2D eigenvalue weighted by atomic mass is 10.0. The van der Waals surface area contributed by atoms with E-state index in [4.69, 9.17) is 16.3 Å². The van der Waals surface area contributed by atoms with E-state index < -0.39 is 0 Å². The molecule has 0 radical (unpaired) electrons. The van der Waals surface area contributed by atoms with Crippen molar-refractivity contribution in [2.45, 2.75) is 32.1 Å². The Kier molecular flexibility index (Phi) is 3.47. The minimum atomic E-state index is -0.139. The van der Waals surface area contributed by atoms with Crippen molar-refractivity contribution in [3.63, 3.8) is 0 Å². The van der Waals surface area contributed by atoms with E-state index in [1.165, 1.54) is 0 Å². The summed E-state index contributed by atoms with van der Waals surface area (Å²) in [4.78, 5) is 10.4. The lowest BCUT2D eigenvalue weighted by Crippen LogP contribution is -2.34. The Balaban J connectivity index is 1.79. The molecule has 0 bridgehead atoms. The molecule has 0 saturated carbocycles. The number of amidine groups is 1. The molecule has 1 saturated heterocycles.